The first kappa shape index (κ1) is 19.4. The van der Waals surface area contributed by atoms with Gasteiger partial charge in [0.2, 0.25) is 4.96 Å². The summed E-state index contributed by atoms with van der Waals surface area (Å²) in [7, 11) is 0. The molecule has 0 atom stereocenters. The second-order valence-electron chi connectivity index (χ2n) is 7.21. The average molecular weight is 435 g/mol. The number of nitrogens with zero attached hydrogens (tertiary/aromatic N) is 5. The highest BCUT2D eigenvalue weighted by Gasteiger charge is 2.24. The van der Waals surface area contributed by atoms with Crippen LogP contribution in [0, 0.1) is 5.82 Å². The Labute approximate surface area is 181 Å². The molecule has 0 N–H and O–H groups in total. The number of halogens is 1. The lowest BCUT2D eigenvalue weighted by atomic mass is 10.2. The Hall–Kier alpha value is -3.59. The normalized spacial score (nSPS) is 14.2. The van der Waals surface area contributed by atoms with Crippen LogP contribution >= 0.6 is 11.3 Å². The fraction of sp³-hybridized carbons (Fsp3) is 0.182. The topological polar surface area (TPSA) is 70.8 Å². The molecule has 1 fully saturated rings. The Balaban J connectivity index is 1.34. The number of carbonyl (C=O) groups excluding carboxylic acids is 1. The minimum atomic E-state index is -0.368. The quantitative estimate of drug-likeness (QED) is 0.495. The number of carbonyl (C=O) groups is 1. The summed E-state index contributed by atoms with van der Waals surface area (Å²) in [5, 5.41) is 5.14. The van der Waals surface area contributed by atoms with Gasteiger partial charge in [-0.05, 0) is 24.3 Å². The molecule has 2 aromatic carbocycles. The summed E-state index contributed by atoms with van der Waals surface area (Å²) >= 11 is 1.37. The number of anilines is 1. The smallest absolute Gasteiger partial charge is 0.277 e. The van der Waals surface area contributed by atoms with Crippen molar-refractivity contribution in [3.8, 4) is 10.6 Å². The molecule has 9 heteroatoms. The maximum absolute atomic E-state index is 13.1. The molecule has 1 amide bonds. The number of piperazine rings is 1. The maximum Gasteiger partial charge on any atom is 0.277 e. The van der Waals surface area contributed by atoms with Gasteiger partial charge in [-0.2, -0.15) is 9.61 Å². The number of rotatable bonds is 3. The van der Waals surface area contributed by atoms with Crippen LogP contribution in [0.1, 0.15) is 10.4 Å². The van der Waals surface area contributed by atoms with E-state index in [4.69, 9.17) is 0 Å². The molecule has 1 aliphatic heterocycles. The molecule has 1 saturated heterocycles. The predicted molar refractivity (Wildman–Crippen MR) is 117 cm³/mol. The highest BCUT2D eigenvalue weighted by Crippen LogP contribution is 2.25. The van der Waals surface area contributed by atoms with Gasteiger partial charge in [0.25, 0.3) is 11.5 Å². The number of aromatic nitrogens is 3. The Morgan fingerprint density at radius 2 is 1.68 bits per heavy atom. The summed E-state index contributed by atoms with van der Waals surface area (Å²) in [4.78, 5) is 34.2. The van der Waals surface area contributed by atoms with E-state index in [9.17, 15) is 14.0 Å². The van der Waals surface area contributed by atoms with Gasteiger partial charge in [0.15, 0.2) is 0 Å². The molecule has 2 aromatic heterocycles. The third-order valence-electron chi connectivity index (χ3n) is 5.23. The van der Waals surface area contributed by atoms with Crippen molar-refractivity contribution in [2.45, 2.75) is 0 Å². The number of hydrogen-bond donors (Lipinski definition) is 0. The summed E-state index contributed by atoms with van der Waals surface area (Å²) < 4.78 is 14.4. The van der Waals surface area contributed by atoms with E-state index < -0.39 is 0 Å². The fourth-order valence-electron chi connectivity index (χ4n) is 3.57. The van der Waals surface area contributed by atoms with Gasteiger partial charge >= 0.3 is 0 Å². The van der Waals surface area contributed by atoms with Crippen molar-refractivity contribution in [1.82, 2.24) is 19.5 Å². The van der Waals surface area contributed by atoms with Crippen molar-refractivity contribution in [2.24, 2.45) is 0 Å². The Bertz CT molecular complexity index is 1300. The molecule has 5 rings (SSSR count). The Morgan fingerprint density at radius 3 is 2.39 bits per heavy atom. The van der Waals surface area contributed by atoms with Crippen LogP contribution in [0.15, 0.2) is 65.5 Å². The summed E-state index contributed by atoms with van der Waals surface area (Å²) in [6, 6.07) is 16.7. The maximum atomic E-state index is 13.1. The summed E-state index contributed by atoms with van der Waals surface area (Å²) in [5.74, 6) is 0.0906. The zero-order valence-corrected chi connectivity index (χ0v) is 17.3. The van der Waals surface area contributed by atoms with Crippen LogP contribution in [-0.2, 0) is 0 Å². The van der Waals surface area contributed by atoms with Gasteiger partial charge in [-0.25, -0.2) is 9.37 Å². The minimum absolute atomic E-state index is 0.127. The van der Waals surface area contributed by atoms with Crippen molar-refractivity contribution in [1.29, 1.82) is 0 Å². The first-order valence-corrected chi connectivity index (χ1v) is 10.7. The van der Waals surface area contributed by atoms with Gasteiger partial charge < -0.3 is 9.80 Å². The molecular weight excluding hydrogens is 417 g/mol. The van der Waals surface area contributed by atoms with E-state index >= 15 is 0 Å². The standard InChI is InChI=1S/C22H18FN5O2S/c23-17-8-6-16(7-9-17)21(30)27-12-10-26(11-13-27)18-14-19(29)28-22(24-18)31-20(25-28)15-4-2-1-3-5-15/h1-9,14H,10-13H2. The second kappa shape index (κ2) is 7.92. The van der Waals surface area contributed by atoms with Crippen LogP contribution in [0.4, 0.5) is 10.2 Å². The third kappa shape index (κ3) is 3.79. The molecule has 0 aliphatic carbocycles. The second-order valence-corrected chi connectivity index (χ2v) is 8.16. The number of amides is 1. The molecule has 0 spiro atoms. The van der Waals surface area contributed by atoms with Gasteiger partial charge in [0.05, 0.1) is 0 Å². The Morgan fingerprint density at radius 1 is 0.968 bits per heavy atom. The summed E-state index contributed by atoms with van der Waals surface area (Å²) in [6.07, 6.45) is 0. The highest BCUT2D eigenvalue weighted by molar-refractivity contribution is 7.19. The zero-order valence-electron chi connectivity index (χ0n) is 16.4. The predicted octanol–water partition coefficient (Wildman–Crippen LogP) is 2.92. The summed E-state index contributed by atoms with van der Waals surface area (Å²) in [5.41, 5.74) is 1.17. The van der Waals surface area contributed by atoms with E-state index in [1.54, 1.807) is 4.90 Å². The van der Waals surface area contributed by atoms with Gasteiger partial charge in [-0.1, -0.05) is 41.7 Å². The van der Waals surface area contributed by atoms with E-state index in [1.807, 2.05) is 35.2 Å². The molecule has 4 aromatic rings. The summed E-state index contributed by atoms with van der Waals surface area (Å²) in [6.45, 7) is 2.10. The van der Waals surface area contributed by atoms with Crippen LogP contribution in [0.2, 0.25) is 0 Å². The number of fused-ring (bicyclic) bond motifs is 1. The lowest BCUT2D eigenvalue weighted by Gasteiger charge is -2.35. The van der Waals surface area contributed by atoms with Crippen LogP contribution in [0.5, 0.6) is 0 Å². The van der Waals surface area contributed by atoms with Gasteiger partial charge in [0.1, 0.15) is 16.6 Å². The lowest BCUT2D eigenvalue weighted by molar-refractivity contribution is 0.0746. The van der Waals surface area contributed by atoms with Gasteiger partial charge in [-0.15, -0.1) is 0 Å². The lowest BCUT2D eigenvalue weighted by Crippen LogP contribution is -2.49. The average Bonchev–Trinajstić information content (AvgIpc) is 3.25. The van der Waals surface area contributed by atoms with Crippen LogP contribution in [0.25, 0.3) is 15.5 Å². The largest absolute Gasteiger partial charge is 0.353 e. The molecule has 156 valence electrons. The van der Waals surface area contributed by atoms with Crippen molar-refractivity contribution in [3.05, 3.63) is 82.4 Å². The first-order valence-electron chi connectivity index (χ1n) is 9.85. The monoisotopic (exact) mass is 435 g/mol. The molecule has 0 radical (unpaired) electrons. The zero-order chi connectivity index (χ0) is 21.4. The van der Waals surface area contributed by atoms with Gasteiger partial charge in [0, 0.05) is 43.4 Å². The van der Waals surface area contributed by atoms with E-state index in [2.05, 4.69) is 10.1 Å². The molecular formula is C22H18FN5O2S. The fourth-order valence-corrected chi connectivity index (χ4v) is 4.48. The van der Waals surface area contributed by atoms with Crippen molar-refractivity contribution in [3.63, 3.8) is 0 Å². The van der Waals surface area contributed by atoms with E-state index in [0.29, 0.717) is 42.5 Å². The van der Waals surface area contributed by atoms with Crippen LogP contribution in [0.3, 0.4) is 0 Å². The molecule has 7 nitrogen and oxygen atoms in total. The SMILES string of the molecule is O=C(c1ccc(F)cc1)N1CCN(c2cc(=O)n3nc(-c4ccccc4)sc3n2)CC1. The molecule has 0 bridgehead atoms. The molecule has 0 saturated carbocycles. The molecule has 1 aliphatic rings. The van der Waals surface area contributed by atoms with Crippen molar-refractivity contribution < 1.29 is 9.18 Å². The Kier molecular flexibility index (Phi) is 4.95. The van der Waals surface area contributed by atoms with Crippen LogP contribution in [-0.4, -0.2) is 51.6 Å². The van der Waals surface area contributed by atoms with Crippen molar-refractivity contribution >= 4 is 28.0 Å². The molecule has 0 unspecified atom stereocenters. The van der Waals surface area contributed by atoms with Crippen LogP contribution < -0.4 is 10.5 Å². The number of benzene rings is 2. The third-order valence-corrected chi connectivity index (χ3v) is 6.19. The first-order chi connectivity index (χ1) is 15.1. The highest BCUT2D eigenvalue weighted by atomic mass is 32.1. The molecule has 3 heterocycles. The van der Waals surface area contributed by atoms with E-state index in [0.717, 1.165) is 10.6 Å². The van der Waals surface area contributed by atoms with E-state index in [1.165, 1.54) is 46.2 Å². The number of hydrogen-bond acceptors (Lipinski definition) is 6. The minimum Gasteiger partial charge on any atom is -0.353 e. The van der Waals surface area contributed by atoms with E-state index in [-0.39, 0.29) is 17.3 Å². The van der Waals surface area contributed by atoms with Crippen molar-refractivity contribution in [2.75, 3.05) is 31.1 Å². The van der Waals surface area contributed by atoms with Gasteiger partial charge in [-0.3, -0.25) is 9.59 Å². The molecule has 31 heavy (non-hydrogen) atoms.